The smallest absolute Gasteiger partial charge is 0.234 e. The molecule has 1 amide bonds. The van der Waals surface area contributed by atoms with Gasteiger partial charge in [-0.2, -0.15) is 0 Å². The molecule has 1 fully saturated rings. The molecule has 0 radical (unpaired) electrons. The second kappa shape index (κ2) is 9.35. The second-order valence-electron chi connectivity index (χ2n) is 6.69. The Kier molecular flexibility index (Phi) is 8.15. The summed E-state index contributed by atoms with van der Waals surface area (Å²) in [6.45, 7) is 9.28. The lowest BCUT2D eigenvalue weighted by Gasteiger charge is -2.31. The van der Waals surface area contributed by atoms with Crippen LogP contribution in [0.15, 0.2) is 0 Å². The molecule has 1 saturated heterocycles. The van der Waals surface area contributed by atoms with Gasteiger partial charge in [0.2, 0.25) is 5.91 Å². The molecule has 0 aromatic heterocycles. The lowest BCUT2D eigenvalue weighted by atomic mass is 10.0. The van der Waals surface area contributed by atoms with Crippen LogP contribution in [0.1, 0.15) is 52.9 Å². The predicted octanol–water partition coefficient (Wildman–Crippen LogP) is 2.00. The summed E-state index contributed by atoms with van der Waals surface area (Å²) in [5, 5.41) is 6.49. The maximum Gasteiger partial charge on any atom is 0.234 e. The highest BCUT2D eigenvalue weighted by molar-refractivity contribution is 5.78. The monoisotopic (exact) mass is 283 g/mol. The van der Waals surface area contributed by atoms with E-state index in [9.17, 15) is 4.79 Å². The summed E-state index contributed by atoms with van der Waals surface area (Å²) in [6.07, 6.45) is 5.82. The molecule has 2 N–H and O–H groups in total. The number of likely N-dealkylation sites (N-methyl/N-ethyl adjacent to an activating group) is 1. The minimum atomic E-state index is 0.170. The van der Waals surface area contributed by atoms with Crippen molar-refractivity contribution in [2.45, 2.75) is 65.0 Å². The van der Waals surface area contributed by atoms with Crippen LogP contribution in [-0.4, -0.2) is 49.6 Å². The Labute approximate surface area is 124 Å². The third kappa shape index (κ3) is 7.25. The van der Waals surface area contributed by atoms with Gasteiger partial charge in [0.25, 0.3) is 0 Å². The van der Waals surface area contributed by atoms with E-state index in [0.29, 0.717) is 18.6 Å². The van der Waals surface area contributed by atoms with Gasteiger partial charge in [0.1, 0.15) is 0 Å². The Hall–Kier alpha value is -0.610. The number of nitrogens with zero attached hydrogens (tertiary/aromatic N) is 1. The lowest BCUT2D eigenvalue weighted by Crippen LogP contribution is -2.46. The van der Waals surface area contributed by atoms with Crippen molar-refractivity contribution in [1.29, 1.82) is 0 Å². The van der Waals surface area contributed by atoms with Crippen molar-refractivity contribution in [1.82, 2.24) is 15.5 Å². The van der Waals surface area contributed by atoms with Crippen molar-refractivity contribution in [2.24, 2.45) is 5.92 Å². The van der Waals surface area contributed by atoms with Crippen molar-refractivity contribution in [3.8, 4) is 0 Å². The quantitative estimate of drug-likeness (QED) is 0.716. The first kappa shape index (κ1) is 17.4. The first-order valence-electron chi connectivity index (χ1n) is 8.19. The van der Waals surface area contributed by atoms with Crippen LogP contribution in [0, 0.1) is 5.92 Å². The number of piperidine rings is 1. The van der Waals surface area contributed by atoms with Gasteiger partial charge in [0.15, 0.2) is 0 Å². The van der Waals surface area contributed by atoms with Crippen LogP contribution in [-0.2, 0) is 4.79 Å². The maximum atomic E-state index is 12.0. The minimum absolute atomic E-state index is 0.170. The molecule has 0 aromatic rings. The number of hydrogen-bond donors (Lipinski definition) is 2. The van der Waals surface area contributed by atoms with Crippen LogP contribution in [0.4, 0.5) is 0 Å². The highest BCUT2D eigenvalue weighted by Crippen LogP contribution is 2.10. The van der Waals surface area contributed by atoms with Crippen LogP contribution >= 0.6 is 0 Å². The Morgan fingerprint density at radius 2 is 1.90 bits per heavy atom. The average Bonchev–Trinajstić information content (AvgIpc) is 2.38. The van der Waals surface area contributed by atoms with Gasteiger partial charge in [-0.1, -0.05) is 26.7 Å². The van der Waals surface area contributed by atoms with Gasteiger partial charge in [-0.3, -0.25) is 9.69 Å². The first-order chi connectivity index (χ1) is 9.49. The molecule has 1 unspecified atom stereocenters. The van der Waals surface area contributed by atoms with E-state index in [4.69, 9.17) is 0 Å². The van der Waals surface area contributed by atoms with Crippen LogP contribution in [0.2, 0.25) is 0 Å². The Morgan fingerprint density at radius 1 is 1.25 bits per heavy atom. The second-order valence-corrected chi connectivity index (χ2v) is 6.69. The summed E-state index contributed by atoms with van der Waals surface area (Å²) in [5.74, 6) is 0.923. The van der Waals surface area contributed by atoms with E-state index in [1.807, 2.05) is 0 Å². The normalized spacial score (nSPS) is 18.5. The van der Waals surface area contributed by atoms with Crippen LogP contribution in [0.3, 0.4) is 0 Å². The van der Waals surface area contributed by atoms with Gasteiger partial charge in [0, 0.05) is 12.1 Å². The molecule has 4 nitrogen and oxygen atoms in total. The molecular formula is C16H33N3O. The van der Waals surface area contributed by atoms with Crippen molar-refractivity contribution in [2.75, 3.05) is 26.7 Å². The SMILES string of the molecule is CC(C)CCCC(C)NC(=O)CN(C)C1CCNCC1. The summed E-state index contributed by atoms with van der Waals surface area (Å²) < 4.78 is 0. The minimum Gasteiger partial charge on any atom is -0.353 e. The zero-order chi connectivity index (χ0) is 15.0. The fourth-order valence-electron chi connectivity index (χ4n) is 2.83. The molecule has 4 heteroatoms. The van der Waals surface area contributed by atoms with E-state index >= 15 is 0 Å². The fourth-order valence-corrected chi connectivity index (χ4v) is 2.83. The molecule has 1 heterocycles. The van der Waals surface area contributed by atoms with Crippen LogP contribution in [0.25, 0.3) is 0 Å². The maximum absolute atomic E-state index is 12.0. The lowest BCUT2D eigenvalue weighted by molar-refractivity contribution is -0.123. The number of nitrogens with one attached hydrogen (secondary N) is 2. The van der Waals surface area contributed by atoms with E-state index in [0.717, 1.165) is 38.3 Å². The van der Waals surface area contributed by atoms with Gasteiger partial charge in [-0.15, -0.1) is 0 Å². The van der Waals surface area contributed by atoms with Gasteiger partial charge in [-0.05, 0) is 52.2 Å². The molecule has 0 aliphatic carbocycles. The van der Waals surface area contributed by atoms with Gasteiger partial charge < -0.3 is 10.6 Å². The van der Waals surface area contributed by atoms with Crippen molar-refractivity contribution >= 4 is 5.91 Å². The predicted molar refractivity (Wildman–Crippen MR) is 84.8 cm³/mol. The molecule has 1 aliphatic rings. The first-order valence-corrected chi connectivity index (χ1v) is 8.19. The van der Waals surface area contributed by atoms with Crippen molar-refractivity contribution in [3.05, 3.63) is 0 Å². The molecule has 0 aromatic carbocycles. The number of amides is 1. The van der Waals surface area contributed by atoms with Gasteiger partial charge in [0.05, 0.1) is 6.54 Å². The molecule has 0 spiro atoms. The zero-order valence-electron chi connectivity index (χ0n) is 13.7. The highest BCUT2D eigenvalue weighted by atomic mass is 16.2. The Morgan fingerprint density at radius 3 is 2.50 bits per heavy atom. The topological polar surface area (TPSA) is 44.4 Å². The van der Waals surface area contributed by atoms with E-state index in [1.54, 1.807) is 0 Å². The van der Waals surface area contributed by atoms with E-state index in [1.165, 1.54) is 12.8 Å². The van der Waals surface area contributed by atoms with E-state index in [-0.39, 0.29) is 5.91 Å². The van der Waals surface area contributed by atoms with Gasteiger partial charge in [-0.25, -0.2) is 0 Å². The largest absolute Gasteiger partial charge is 0.353 e. The van der Waals surface area contributed by atoms with Crippen molar-refractivity contribution in [3.63, 3.8) is 0 Å². The summed E-state index contributed by atoms with van der Waals surface area (Å²) in [7, 11) is 2.07. The summed E-state index contributed by atoms with van der Waals surface area (Å²) in [5.41, 5.74) is 0. The third-order valence-corrected chi connectivity index (χ3v) is 4.15. The summed E-state index contributed by atoms with van der Waals surface area (Å²) >= 11 is 0. The zero-order valence-corrected chi connectivity index (χ0v) is 13.7. The Bertz CT molecular complexity index is 275. The molecule has 1 atom stereocenters. The van der Waals surface area contributed by atoms with Crippen LogP contribution < -0.4 is 10.6 Å². The average molecular weight is 283 g/mol. The third-order valence-electron chi connectivity index (χ3n) is 4.15. The molecule has 1 rings (SSSR count). The van der Waals surface area contributed by atoms with Crippen molar-refractivity contribution < 1.29 is 4.79 Å². The fraction of sp³-hybridized carbons (Fsp3) is 0.938. The number of carbonyl (C=O) groups excluding carboxylic acids is 1. The number of hydrogen-bond acceptors (Lipinski definition) is 3. The van der Waals surface area contributed by atoms with E-state index in [2.05, 4.69) is 43.4 Å². The standard InChI is InChI=1S/C16H33N3O/c1-13(2)6-5-7-14(3)18-16(20)12-19(4)15-8-10-17-11-9-15/h13-15,17H,5-12H2,1-4H3,(H,18,20). The van der Waals surface area contributed by atoms with Crippen LogP contribution in [0.5, 0.6) is 0 Å². The van der Waals surface area contributed by atoms with Gasteiger partial charge >= 0.3 is 0 Å². The summed E-state index contributed by atoms with van der Waals surface area (Å²) in [4.78, 5) is 14.2. The summed E-state index contributed by atoms with van der Waals surface area (Å²) in [6, 6.07) is 0.848. The molecular weight excluding hydrogens is 250 g/mol. The number of carbonyl (C=O) groups is 1. The highest BCUT2D eigenvalue weighted by Gasteiger charge is 2.20. The Balaban J connectivity index is 2.17. The molecule has 0 bridgehead atoms. The molecule has 1 aliphatic heterocycles. The van der Waals surface area contributed by atoms with E-state index < -0.39 is 0 Å². The molecule has 118 valence electrons. The molecule has 0 saturated carbocycles. The molecule has 20 heavy (non-hydrogen) atoms. The number of rotatable bonds is 8.